The number of nitrogens with zero attached hydrogens (tertiary/aromatic N) is 1. The molecule has 2 aliphatic heterocycles. The third kappa shape index (κ3) is 2.07. The quantitative estimate of drug-likeness (QED) is 0.422. The number of aliphatic imine (C=N–C) groups is 1. The molecule has 1 saturated heterocycles. The van der Waals surface area contributed by atoms with Crippen molar-refractivity contribution in [3.8, 4) is 0 Å². The van der Waals surface area contributed by atoms with Gasteiger partial charge in [0, 0.05) is 6.21 Å². The predicted molar refractivity (Wildman–Crippen MR) is 53.3 cm³/mol. The molecule has 2 rings (SSSR count). The van der Waals surface area contributed by atoms with Gasteiger partial charge < -0.3 is 20.1 Å². The Morgan fingerprint density at radius 1 is 1.35 bits per heavy atom. The molecule has 0 bridgehead atoms. The number of hydrogen-bond donors (Lipinski definition) is 4. The minimum atomic E-state index is -1.32. The summed E-state index contributed by atoms with van der Waals surface area (Å²) < 4.78 is 5.17. The van der Waals surface area contributed by atoms with Crippen LogP contribution >= 0.6 is 0 Å². The first kappa shape index (κ1) is 12.1. The maximum atomic E-state index is 11.5. The molecule has 0 radical (unpaired) electrons. The number of imide groups is 1. The maximum absolute atomic E-state index is 11.5. The number of nitrogens with one attached hydrogen (secondary N) is 1. The zero-order valence-electron chi connectivity index (χ0n) is 8.68. The van der Waals surface area contributed by atoms with Crippen molar-refractivity contribution >= 4 is 18.2 Å². The normalized spacial score (nSPS) is 41.7. The van der Waals surface area contributed by atoms with Crippen LogP contribution < -0.4 is 5.32 Å². The van der Waals surface area contributed by atoms with Crippen LogP contribution in [0.15, 0.2) is 4.99 Å². The van der Waals surface area contributed by atoms with E-state index < -0.39 is 48.9 Å². The van der Waals surface area contributed by atoms with Gasteiger partial charge in [0.25, 0.3) is 0 Å². The number of carbonyl (C=O) groups excluding carboxylic acids is 2. The monoisotopic (exact) mass is 244 g/mol. The van der Waals surface area contributed by atoms with Crippen molar-refractivity contribution in [1.82, 2.24) is 5.32 Å². The van der Waals surface area contributed by atoms with Crippen LogP contribution in [0.25, 0.3) is 0 Å². The molecule has 4 N–H and O–H groups in total. The van der Waals surface area contributed by atoms with Crippen LogP contribution in [0.1, 0.15) is 0 Å². The summed E-state index contributed by atoms with van der Waals surface area (Å²) in [5.74, 6) is -1.62. The molecule has 8 heteroatoms. The fraction of sp³-hybridized carbons (Fsp3) is 0.667. The number of aliphatic hydroxyl groups is 3. The number of hydrogen-bond acceptors (Lipinski definition) is 6. The van der Waals surface area contributed by atoms with Crippen LogP contribution in [0.3, 0.4) is 0 Å². The standard InChI is InChI=1S/C9H12N2O6/c12-2-4-5(13)6(14)7(17-4)3-1-10-9(16)11-8(3)15/h1,3-7,12-14H,2H2,(H,11,15,16). The van der Waals surface area contributed by atoms with Gasteiger partial charge in [-0.25, -0.2) is 9.79 Å². The Kier molecular flexibility index (Phi) is 3.20. The van der Waals surface area contributed by atoms with E-state index in [1.165, 1.54) is 0 Å². The van der Waals surface area contributed by atoms with Crippen molar-refractivity contribution in [2.45, 2.75) is 24.4 Å². The molecule has 5 unspecified atom stereocenters. The lowest BCUT2D eigenvalue weighted by atomic mass is 9.95. The largest absolute Gasteiger partial charge is 0.394 e. The number of amides is 3. The number of urea groups is 1. The van der Waals surface area contributed by atoms with Crippen LogP contribution in [0, 0.1) is 5.92 Å². The molecule has 2 heterocycles. The van der Waals surface area contributed by atoms with Crippen LogP contribution in [0.2, 0.25) is 0 Å². The third-order valence-corrected chi connectivity index (χ3v) is 2.82. The molecule has 5 atom stereocenters. The second-order valence-electron chi connectivity index (χ2n) is 3.90. The molecular weight excluding hydrogens is 232 g/mol. The van der Waals surface area contributed by atoms with Crippen molar-refractivity contribution < 1.29 is 29.6 Å². The van der Waals surface area contributed by atoms with E-state index in [0.717, 1.165) is 6.21 Å². The summed E-state index contributed by atoms with van der Waals surface area (Å²) in [5, 5.41) is 30.1. The van der Waals surface area contributed by atoms with Gasteiger partial charge in [0.15, 0.2) is 0 Å². The molecule has 8 nitrogen and oxygen atoms in total. The second-order valence-corrected chi connectivity index (χ2v) is 3.90. The molecule has 17 heavy (non-hydrogen) atoms. The summed E-state index contributed by atoms with van der Waals surface area (Å²) in [6.45, 7) is -0.473. The summed E-state index contributed by atoms with van der Waals surface area (Å²) in [7, 11) is 0. The molecule has 0 aromatic heterocycles. The average Bonchev–Trinajstić information content (AvgIpc) is 2.57. The van der Waals surface area contributed by atoms with Gasteiger partial charge >= 0.3 is 6.03 Å². The molecule has 0 spiro atoms. The summed E-state index contributed by atoms with van der Waals surface area (Å²) in [6.07, 6.45) is -3.50. The number of aliphatic hydroxyl groups excluding tert-OH is 3. The van der Waals surface area contributed by atoms with E-state index >= 15 is 0 Å². The van der Waals surface area contributed by atoms with E-state index in [2.05, 4.69) is 4.99 Å². The van der Waals surface area contributed by atoms with E-state index in [0.29, 0.717) is 0 Å². The van der Waals surface area contributed by atoms with Gasteiger partial charge in [-0.05, 0) is 0 Å². The van der Waals surface area contributed by atoms with Crippen molar-refractivity contribution in [1.29, 1.82) is 0 Å². The highest BCUT2D eigenvalue weighted by molar-refractivity contribution is 6.09. The SMILES string of the molecule is O=C1N=CC(C2OC(CO)C(O)C2O)C(=O)N1. The fourth-order valence-corrected chi connectivity index (χ4v) is 1.90. The van der Waals surface area contributed by atoms with Crippen molar-refractivity contribution in [2.75, 3.05) is 6.61 Å². The van der Waals surface area contributed by atoms with Crippen LogP contribution in [-0.4, -0.2) is 64.5 Å². The molecule has 0 aliphatic carbocycles. The van der Waals surface area contributed by atoms with Gasteiger partial charge in [0.2, 0.25) is 5.91 Å². The van der Waals surface area contributed by atoms with Gasteiger partial charge in [-0.15, -0.1) is 0 Å². The van der Waals surface area contributed by atoms with E-state index in [4.69, 9.17) is 9.84 Å². The highest BCUT2D eigenvalue weighted by Crippen LogP contribution is 2.26. The Bertz CT molecular complexity index is 370. The van der Waals surface area contributed by atoms with Crippen LogP contribution in [0.4, 0.5) is 4.79 Å². The average molecular weight is 244 g/mol. The van der Waals surface area contributed by atoms with Crippen LogP contribution in [-0.2, 0) is 9.53 Å². The van der Waals surface area contributed by atoms with Gasteiger partial charge in [-0.3, -0.25) is 10.1 Å². The highest BCUT2D eigenvalue weighted by atomic mass is 16.6. The lowest BCUT2D eigenvalue weighted by molar-refractivity contribution is -0.127. The number of rotatable bonds is 2. The van der Waals surface area contributed by atoms with Gasteiger partial charge in [0.05, 0.1) is 6.61 Å². The lowest BCUT2D eigenvalue weighted by Gasteiger charge is -2.23. The third-order valence-electron chi connectivity index (χ3n) is 2.82. The fourth-order valence-electron chi connectivity index (χ4n) is 1.90. The Balaban J connectivity index is 2.16. The number of ether oxygens (including phenoxy) is 1. The topological polar surface area (TPSA) is 128 Å². The Morgan fingerprint density at radius 2 is 2.06 bits per heavy atom. The Labute approximate surface area is 95.9 Å². The van der Waals surface area contributed by atoms with E-state index in [9.17, 15) is 19.8 Å². The molecule has 2 aliphatic rings. The maximum Gasteiger partial charge on any atom is 0.347 e. The van der Waals surface area contributed by atoms with Crippen molar-refractivity contribution in [3.05, 3.63) is 0 Å². The second kappa shape index (κ2) is 4.49. The molecule has 0 aromatic rings. The zero-order chi connectivity index (χ0) is 12.6. The first-order valence-corrected chi connectivity index (χ1v) is 5.06. The lowest BCUT2D eigenvalue weighted by Crippen LogP contribution is -2.48. The van der Waals surface area contributed by atoms with Crippen molar-refractivity contribution in [3.63, 3.8) is 0 Å². The smallest absolute Gasteiger partial charge is 0.347 e. The molecule has 0 saturated carbocycles. The molecule has 1 fully saturated rings. The molecule has 3 amide bonds. The minimum Gasteiger partial charge on any atom is -0.394 e. The highest BCUT2D eigenvalue weighted by Gasteiger charge is 2.48. The predicted octanol–water partition coefficient (Wildman–Crippen LogP) is -2.60. The first-order chi connectivity index (χ1) is 8.04. The summed E-state index contributed by atoms with van der Waals surface area (Å²) >= 11 is 0. The van der Waals surface area contributed by atoms with E-state index in [1.54, 1.807) is 0 Å². The molecular formula is C9H12N2O6. The van der Waals surface area contributed by atoms with Crippen LogP contribution in [0.5, 0.6) is 0 Å². The Morgan fingerprint density at radius 3 is 2.59 bits per heavy atom. The molecule has 94 valence electrons. The van der Waals surface area contributed by atoms with E-state index in [-0.39, 0.29) is 0 Å². The first-order valence-electron chi connectivity index (χ1n) is 5.06. The number of carbonyl (C=O) groups is 2. The van der Waals surface area contributed by atoms with Gasteiger partial charge in [-0.2, -0.15) is 0 Å². The van der Waals surface area contributed by atoms with Crippen molar-refractivity contribution in [2.24, 2.45) is 10.9 Å². The zero-order valence-corrected chi connectivity index (χ0v) is 8.68. The Hall–Kier alpha value is -1.35. The van der Waals surface area contributed by atoms with E-state index in [1.807, 2.05) is 5.32 Å². The van der Waals surface area contributed by atoms with Gasteiger partial charge in [0.1, 0.15) is 30.3 Å². The molecule has 0 aromatic carbocycles. The minimum absolute atomic E-state index is 0.473. The summed E-state index contributed by atoms with van der Waals surface area (Å²) in [5.41, 5.74) is 0. The summed E-state index contributed by atoms with van der Waals surface area (Å²) in [4.78, 5) is 25.6. The van der Waals surface area contributed by atoms with Gasteiger partial charge in [-0.1, -0.05) is 0 Å². The summed E-state index contributed by atoms with van der Waals surface area (Å²) in [6, 6.07) is -0.780.